The van der Waals surface area contributed by atoms with Gasteiger partial charge in [0.25, 0.3) is 5.91 Å². The Morgan fingerprint density at radius 1 is 1.21 bits per heavy atom. The standard InChI is InChI=1S/C18H24ClFN2O2/c19-14-3-4-15(16(20)11-14)17(24)22-9-5-18(13-23,6-10-22)12-21-7-1-2-8-21/h3-4,11,23H,1-2,5-10,12-13H2. The maximum Gasteiger partial charge on any atom is 0.256 e. The lowest BCUT2D eigenvalue weighted by atomic mass is 9.78. The Labute approximate surface area is 147 Å². The fraction of sp³-hybridized carbons (Fsp3) is 0.611. The van der Waals surface area contributed by atoms with E-state index in [0.717, 1.165) is 32.5 Å². The number of aliphatic hydroxyl groups is 1. The molecule has 3 rings (SSSR count). The zero-order valence-corrected chi connectivity index (χ0v) is 14.6. The minimum atomic E-state index is -0.580. The molecule has 0 radical (unpaired) electrons. The lowest BCUT2D eigenvalue weighted by Gasteiger charge is -2.42. The Bertz CT molecular complexity index is 597. The molecule has 6 heteroatoms. The smallest absolute Gasteiger partial charge is 0.256 e. The van der Waals surface area contributed by atoms with Gasteiger partial charge >= 0.3 is 0 Å². The summed E-state index contributed by atoms with van der Waals surface area (Å²) in [6.45, 7) is 4.33. The van der Waals surface area contributed by atoms with E-state index >= 15 is 0 Å². The summed E-state index contributed by atoms with van der Waals surface area (Å²) in [6, 6.07) is 4.15. The minimum absolute atomic E-state index is 0.0652. The van der Waals surface area contributed by atoms with Gasteiger partial charge in [0.15, 0.2) is 0 Å². The van der Waals surface area contributed by atoms with Crippen molar-refractivity contribution in [2.45, 2.75) is 25.7 Å². The second-order valence-electron chi connectivity index (χ2n) is 7.06. The van der Waals surface area contributed by atoms with Crippen LogP contribution in [0.15, 0.2) is 18.2 Å². The van der Waals surface area contributed by atoms with Gasteiger partial charge in [-0.2, -0.15) is 0 Å². The number of rotatable bonds is 4. The molecule has 0 unspecified atom stereocenters. The molecule has 2 aliphatic rings. The first-order valence-corrected chi connectivity index (χ1v) is 8.98. The predicted octanol–water partition coefficient (Wildman–Crippen LogP) is 2.79. The number of aliphatic hydroxyl groups excluding tert-OH is 1. The first-order valence-electron chi connectivity index (χ1n) is 8.61. The fourth-order valence-electron chi connectivity index (χ4n) is 3.80. The van der Waals surface area contributed by atoms with Crippen LogP contribution in [0.4, 0.5) is 4.39 Å². The largest absolute Gasteiger partial charge is 0.396 e. The highest BCUT2D eigenvalue weighted by atomic mass is 35.5. The van der Waals surface area contributed by atoms with Gasteiger partial charge in [0.05, 0.1) is 12.2 Å². The second kappa shape index (κ2) is 7.38. The zero-order chi connectivity index (χ0) is 17.2. The SMILES string of the molecule is O=C(c1ccc(Cl)cc1F)N1CCC(CO)(CN2CCCC2)CC1. The van der Waals surface area contributed by atoms with Gasteiger partial charge in [0, 0.05) is 30.1 Å². The number of likely N-dealkylation sites (tertiary alicyclic amines) is 2. The van der Waals surface area contributed by atoms with Crippen LogP contribution in [0, 0.1) is 11.2 Å². The molecule has 1 N–H and O–H groups in total. The quantitative estimate of drug-likeness (QED) is 0.904. The fourth-order valence-corrected chi connectivity index (χ4v) is 3.96. The van der Waals surface area contributed by atoms with Gasteiger partial charge < -0.3 is 14.9 Å². The van der Waals surface area contributed by atoms with Crippen LogP contribution in [0.3, 0.4) is 0 Å². The Morgan fingerprint density at radius 2 is 1.88 bits per heavy atom. The van der Waals surface area contributed by atoms with Gasteiger partial charge in [-0.25, -0.2) is 4.39 Å². The summed E-state index contributed by atoms with van der Waals surface area (Å²) in [4.78, 5) is 16.6. The molecule has 24 heavy (non-hydrogen) atoms. The Balaban J connectivity index is 1.63. The lowest BCUT2D eigenvalue weighted by Crippen LogP contribution is -2.49. The molecule has 2 saturated heterocycles. The number of carbonyl (C=O) groups excluding carboxylic acids is 1. The molecule has 1 amide bonds. The van der Waals surface area contributed by atoms with Crippen molar-refractivity contribution in [2.75, 3.05) is 39.3 Å². The van der Waals surface area contributed by atoms with E-state index in [1.54, 1.807) is 4.90 Å². The third-order valence-electron chi connectivity index (χ3n) is 5.37. The molecular formula is C18H24ClFN2O2. The van der Waals surface area contributed by atoms with Gasteiger partial charge in [-0.05, 0) is 57.0 Å². The molecular weight excluding hydrogens is 331 g/mol. The van der Waals surface area contributed by atoms with Gasteiger partial charge in [-0.3, -0.25) is 4.79 Å². The van der Waals surface area contributed by atoms with Crippen molar-refractivity contribution in [3.05, 3.63) is 34.6 Å². The molecule has 0 aliphatic carbocycles. The van der Waals surface area contributed by atoms with E-state index in [9.17, 15) is 14.3 Å². The number of hydrogen-bond acceptors (Lipinski definition) is 3. The number of amides is 1. The molecule has 4 nitrogen and oxygen atoms in total. The molecule has 132 valence electrons. The monoisotopic (exact) mass is 354 g/mol. The highest BCUT2D eigenvalue weighted by molar-refractivity contribution is 6.30. The summed E-state index contributed by atoms with van der Waals surface area (Å²) in [5, 5.41) is 10.2. The van der Waals surface area contributed by atoms with Crippen LogP contribution in [0.1, 0.15) is 36.0 Å². The van der Waals surface area contributed by atoms with Crippen LogP contribution in [0.2, 0.25) is 5.02 Å². The highest BCUT2D eigenvalue weighted by Crippen LogP contribution is 2.33. The van der Waals surface area contributed by atoms with Gasteiger partial charge in [-0.15, -0.1) is 0 Å². The van der Waals surface area contributed by atoms with Crippen LogP contribution < -0.4 is 0 Å². The number of benzene rings is 1. The van der Waals surface area contributed by atoms with Gasteiger partial charge in [-0.1, -0.05) is 11.6 Å². The summed E-state index contributed by atoms with van der Waals surface area (Å²) in [5.74, 6) is -0.875. The molecule has 2 aliphatic heterocycles. The summed E-state index contributed by atoms with van der Waals surface area (Å²) in [7, 11) is 0. The van der Waals surface area contributed by atoms with E-state index < -0.39 is 5.82 Å². The van der Waals surface area contributed by atoms with Crippen LogP contribution >= 0.6 is 11.6 Å². The third-order valence-corrected chi connectivity index (χ3v) is 5.60. The van der Waals surface area contributed by atoms with E-state index in [2.05, 4.69) is 4.90 Å². The maximum absolute atomic E-state index is 14.0. The topological polar surface area (TPSA) is 43.8 Å². The summed E-state index contributed by atoms with van der Waals surface area (Å²) in [6.07, 6.45) is 3.95. The lowest BCUT2D eigenvalue weighted by molar-refractivity contribution is 0.0177. The number of hydrogen-bond donors (Lipinski definition) is 1. The maximum atomic E-state index is 14.0. The third kappa shape index (κ3) is 3.73. The molecule has 2 fully saturated rings. The summed E-state index contributed by atoms with van der Waals surface area (Å²) in [5.41, 5.74) is -0.0740. The average Bonchev–Trinajstić information content (AvgIpc) is 3.08. The van der Waals surface area contributed by atoms with Crippen molar-refractivity contribution in [1.82, 2.24) is 9.80 Å². The van der Waals surface area contributed by atoms with Gasteiger partial charge in [0.2, 0.25) is 0 Å². The van der Waals surface area contributed by atoms with Crippen LogP contribution in [0.5, 0.6) is 0 Å². The number of carbonyl (C=O) groups is 1. The van der Waals surface area contributed by atoms with Crippen molar-refractivity contribution < 1.29 is 14.3 Å². The van der Waals surface area contributed by atoms with Crippen LogP contribution in [0.25, 0.3) is 0 Å². The van der Waals surface area contributed by atoms with E-state index in [-0.39, 0.29) is 28.5 Å². The summed E-state index contributed by atoms with van der Waals surface area (Å²) >= 11 is 5.75. The highest BCUT2D eigenvalue weighted by Gasteiger charge is 2.37. The Morgan fingerprint density at radius 3 is 2.46 bits per heavy atom. The first-order chi connectivity index (χ1) is 11.5. The van der Waals surface area contributed by atoms with Crippen molar-refractivity contribution >= 4 is 17.5 Å². The zero-order valence-electron chi connectivity index (χ0n) is 13.8. The first kappa shape index (κ1) is 17.6. The van der Waals surface area contributed by atoms with Crippen molar-refractivity contribution in [3.8, 4) is 0 Å². The average molecular weight is 355 g/mol. The van der Waals surface area contributed by atoms with Gasteiger partial charge in [0.1, 0.15) is 5.82 Å². The van der Waals surface area contributed by atoms with Crippen LogP contribution in [-0.2, 0) is 0 Å². The second-order valence-corrected chi connectivity index (χ2v) is 7.49. The van der Waals surface area contributed by atoms with Crippen molar-refractivity contribution in [3.63, 3.8) is 0 Å². The van der Waals surface area contributed by atoms with E-state index in [4.69, 9.17) is 11.6 Å². The van der Waals surface area contributed by atoms with E-state index in [1.807, 2.05) is 0 Å². The molecule has 0 saturated carbocycles. The number of halogens is 2. The molecule has 0 spiro atoms. The number of piperidine rings is 1. The minimum Gasteiger partial charge on any atom is -0.396 e. The van der Waals surface area contributed by atoms with Crippen molar-refractivity contribution in [2.24, 2.45) is 5.41 Å². The van der Waals surface area contributed by atoms with E-state index in [0.29, 0.717) is 13.1 Å². The molecule has 0 bridgehead atoms. The van der Waals surface area contributed by atoms with E-state index in [1.165, 1.54) is 31.0 Å². The normalized spacial score (nSPS) is 21.2. The molecule has 2 heterocycles. The van der Waals surface area contributed by atoms with Crippen LogP contribution in [-0.4, -0.2) is 60.1 Å². The molecule has 0 atom stereocenters. The van der Waals surface area contributed by atoms with Crippen molar-refractivity contribution in [1.29, 1.82) is 0 Å². The summed E-state index contributed by atoms with van der Waals surface area (Å²) < 4.78 is 14.0. The predicted molar refractivity (Wildman–Crippen MR) is 91.7 cm³/mol. The number of nitrogens with zero attached hydrogens (tertiary/aromatic N) is 2. The Hall–Kier alpha value is -1.17. The Kier molecular flexibility index (Phi) is 5.42. The molecule has 1 aromatic rings. The molecule has 0 aromatic heterocycles. The molecule has 1 aromatic carbocycles.